The fourth-order valence-corrected chi connectivity index (χ4v) is 5.26. The van der Waals surface area contributed by atoms with Crippen LogP contribution in [0.15, 0.2) is 91.0 Å². The van der Waals surface area contributed by atoms with Crippen molar-refractivity contribution in [3.05, 3.63) is 108 Å². The highest BCUT2D eigenvalue weighted by Gasteiger charge is 2.48. The second-order valence-corrected chi connectivity index (χ2v) is 8.33. The van der Waals surface area contributed by atoms with Gasteiger partial charge in [0.25, 0.3) is 0 Å². The molecule has 2 saturated heterocycles. The lowest BCUT2D eigenvalue weighted by atomic mass is 9.76. The van der Waals surface area contributed by atoms with E-state index in [4.69, 9.17) is 0 Å². The van der Waals surface area contributed by atoms with Crippen LogP contribution in [0, 0.1) is 0 Å². The van der Waals surface area contributed by atoms with Crippen LogP contribution in [0.2, 0.25) is 0 Å². The third kappa shape index (κ3) is 3.29. The molecule has 0 bridgehead atoms. The van der Waals surface area contributed by atoms with Crippen molar-refractivity contribution in [1.29, 1.82) is 0 Å². The maximum atomic E-state index is 12.5. The molecule has 1 N–H and O–H groups in total. The molecule has 0 aromatic heterocycles. The van der Waals surface area contributed by atoms with Crippen molar-refractivity contribution in [2.24, 2.45) is 0 Å². The Morgan fingerprint density at radius 3 is 1.90 bits per heavy atom. The van der Waals surface area contributed by atoms with Gasteiger partial charge in [0.15, 0.2) is 0 Å². The second kappa shape index (κ2) is 7.75. The molecule has 3 nitrogen and oxygen atoms in total. The molecule has 3 aromatic rings. The number of nitrogens with zero attached hydrogens (tertiary/aromatic N) is 2. The van der Waals surface area contributed by atoms with E-state index in [1.54, 1.807) is 0 Å². The molecule has 2 aliphatic heterocycles. The van der Waals surface area contributed by atoms with Crippen LogP contribution < -0.4 is 0 Å². The Bertz CT molecular complexity index is 877. The third-order valence-corrected chi connectivity index (χ3v) is 6.61. The number of benzene rings is 3. The van der Waals surface area contributed by atoms with Crippen molar-refractivity contribution >= 4 is 0 Å². The van der Waals surface area contributed by atoms with Crippen LogP contribution in [0.3, 0.4) is 0 Å². The van der Waals surface area contributed by atoms with Gasteiger partial charge in [-0.1, -0.05) is 91.0 Å². The molecule has 0 saturated carbocycles. The molecule has 2 atom stereocenters. The summed E-state index contributed by atoms with van der Waals surface area (Å²) in [6.45, 7) is 3.07. The molecule has 2 aliphatic rings. The standard InChI is InChI=1S/C26H28N2O/c29-26(22-13-6-2-7-14-22,23-15-8-3-9-16-23)25(21-11-4-1-5-12-21)28-19-24-17-10-18-27(24)20-28/h1-9,11-16,24-25,29H,10,17-20H2/t24-,25+/m0/s1. The minimum absolute atomic E-state index is 0.154. The highest BCUT2D eigenvalue weighted by molar-refractivity contribution is 5.41. The molecule has 2 fully saturated rings. The number of hydrogen-bond donors (Lipinski definition) is 1. The Kier molecular flexibility index (Phi) is 4.96. The van der Waals surface area contributed by atoms with Gasteiger partial charge in [-0.25, -0.2) is 0 Å². The zero-order chi connectivity index (χ0) is 19.7. The van der Waals surface area contributed by atoms with Crippen molar-refractivity contribution < 1.29 is 5.11 Å². The average Bonchev–Trinajstić information content (AvgIpc) is 3.38. The van der Waals surface area contributed by atoms with Crippen molar-refractivity contribution in [2.45, 2.75) is 30.5 Å². The summed E-state index contributed by atoms with van der Waals surface area (Å²) in [7, 11) is 0. The lowest BCUT2D eigenvalue weighted by Crippen LogP contribution is -2.45. The minimum Gasteiger partial charge on any atom is -0.378 e. The van der Waals surface area contributed by atoms with E-state index in [2.05, 4.69) is 58.3 Å². The Balaban J connectivity index is 1.67. The molecule has 3 aromatic carbocycles. The van der Waals surface area contributed by atoms with E-state index in [1.807, 2.05) is 42.5 Å². The van der Waals surface area contributed by atoms with Gasteiger partial charge < -0.3 is 5.11 Å². The molecular formula is C26H28N2O. The van der Waals surface area contributed by atoms with E-state index in [-0.39, 0.29) is 6.04 Å². The predicted octanol–water partition coefficient (Wildman–Crippen LogP) is 4.40. The lowest BCUT2D eigenvalue weighted by Gasteiger charge is -2.42. The minimum atomic E-state index is -1.14. The summed E-state index contributed by atoms with van der Waals surface area (Å²) in [4.78, 5) is 5.06. The lowest BCUT2D eigenvalue weighted by molar-refractivity contribution is -0.0204. The molecule has 3 heteroatoms. The van der Waals surface area contributed by atoms with Crippen LogP contribution >= 0.6 is 0 Å². The van der Waals surface area contributed by atoms with Crippen LogP contribution in [0.25, 0.3) is 0 Å². The normalized spacial score (nSPS) is 21.2. The van der Waals surface area contributed by atoms with Gasteiger partial charge in [0.05, 0.1) is 12.7 Å². The maximum Gasteiger partial charge on any atom is 0.134 e. The zero-order valence-corrected chi connectivity index (χ0v) is 16.7. The van der Waals surface area contributed by atoms with Crippen molar-refractivity contribution in [3.8, 4) is 0 Å². The summed E-state index contributed by atoms with van der Waals surface area (Å²) in [5.74, 6) is 0. The van der Waals surface area contributed by atoms with Gasteiger partial charge in [-0.2, -0.15) is 0 Å². The highest BCUT2D eigenvalue weighted by Crippen LogP contribution is 2.46. The van der Waals surface area contributed by atoms with E-state index < -0.39 is 5.60 Å². The summed E-state index contributed by atoms with van der Waals surface area (Å²) >= 11 is 0. The van der Waals surface area contributed by atoms with Crippen LogP contribution in [-0.2, 0) is 5.60 Å². The molecular weight excluding hydrogens is 356 g/mol. The van der Waals surface area contributed by atoms with Gasteiger partial charge in [0, 0.05) is 12.6 Å². The molecule has 5 rings (SSSR count). The first kappa shape index (κ1) is 18.6. The molecule has 0 aliphatic carbocycles. The average molecular weight is 385 g/mol. The quantitative estimate of drug-likeness (QED) is 0.706. The van der Waals surface area contributed by atoms with Crippen molar-refractivity contribution in [2.75, 3.05) is 19.8 Å². The van der Waals surface area contributed by atoms with Crippen molar-refractivity contribution in [1.82, 2.24) is 9.80 Å². The van der Waals surface area contributed by atoms with Gasteiger partial charge in [0.1, 0.15) is 5.60 Å². The monoisotopic (exact) mass is 384 g/mol. The molecule has 0 amide bonds. The van der Waals surface area contributed by atoms with Gasteiger partial charge in [-0.05, 0) is 36.1 Å². The zero-order valence-electron chi connectivity index (χ0n) is 16.7. The van der Waals surface area contributed by atoms with Crippen molar-refractivity contribution in [3.63, 3.8) is 0 Å². The van der Waals surface area contributed by atoms with Gasteiger partial charge in [-0.3, -0.25) is 9.80 Å². The number of aliphatic hydroxyl groups is 1. The Labute approximate surface area is 173 Å². The largest absolute Gasteiger partial charge is 0.378 e. The van der Waals surface area contributed by atoms with Crippen LogP contribution in [0.1, 0.15) is 35.6 Å². The summed E-state index contributed by atoms with van der Waals surface area (Å²) in [5.41, 5.74) is 1.90. The van der Waals surface area contributed by atoms with Gasteiger partial charge in [0.2, 0.25) is 0 Å². The van der Waals surface area contributed by atoms with E-state index in [9.17, 15) is 5.11 Å². The van der Waals surface area contributed by atoms with E-state index >= 15 is 0 Å². The fraction of sp³-hybridized carbons (Fsp3) is 0.308. The fourth-order valence-electron chi connectivity index (χ4n) is 5.26. The summed E-state index contributed by atoms with van der Waals surface area (Å²) < 4.78 is 0. The van der Waals surface area contributed by atoms with E-state index in [1.165, 1.54) is 12.8 Å². The molecule has 0 unspecified atom stereocenters. The van der Waals surface area contributed by atoms with E-state index in [0.717, 1.165) is 36.4 Å². The van der Waals surface area contributed by atoms with E-state index in [0.29, 0.717) is 6.04 Å². The first-order valence-corrected chi connectivity index (χ1v) is 10.6. The molecule has 0 spiro atoms. The second-order valence-electron chi connectivity index (χ2n) is 8.33. The van der Waals surface area contributed by atoms with Gasteiger partial charge in [-0.15, -0.1) is 0 Å². The predicted molar refractivity (Wildman–Crippen MR) is 116 cm³/mol. The Morgan fingerprint density at radius 2 is 1.34 bits per heavy atom. The van der Waals surface area contributed by atoms with Gasteiger partial charge >= 0.3 is 0 Å². The molecule has 29 heavy (non-hydrogen) atoms. The number of rotatable bonds is 5. The Morgan fingerprint density at radius 1 is 0.793 bits per heavy atom. The SMILES string of the molecule is OC(c1ccccc1)(c1ccccc1)[C@@H](c1ccccc1)N1C[C@@H]2CCCN2C1. The summed E-state index contributed by atoms with van der Waals surface area (Å²) in [6.07, 6.45) is 2.54. The first-order chi connectivity index (χ1) is 14.3. The summed E-state index contributed by atoms with van der Waals surface area (Å²) in [5, 5.41) is 12.5. The number of hydrogen-bond acceptors (Lipinski definition) is 3. The number of fused-ring (bicyclic) bond motifs is 1. The highest BCUT2D eigenvalue weighted by atomic mass is 16.3. The van der Waals surface area contributed by atoms with Crippen LogP contribution in [0.5, 0.6) is 0 Å². The smallest absolute Gasteiger partial charge is 0.134 e. The molecule has 2 heterocycles. The Hall–Kier alpha value is -2.46. The molecule has 0 radical (unpaired) electrons. The molecule has 148 valence electrons. The first-order valence-electron chi connectivity index (χ1n) is 10.6. The topological polar surface area (TPSA) is 26.7 Å². The van der Waals surface area contributed by atoms with Crippen LogP contribution in [-0.4, -0.2) is 40.7 Å². The third-order valence-electron chi connectivity index (χ3n) is 6.61. The van der Waals surface area contributed by atoms with Crippen LogP contribution in [0.4, 0.5) is 0 Å². The summed E-state index contributed by atoms with van der Waals surface area (Å²) in [6, 6.07) is 31.3. The maximum absolute atomic E-state index is 12.5.